The Kier molecular flexibility index (Phi) is 6.27. The van der Waals surface area contributed by atoms with Gasteiger partial charge in [-0.1, -0.05) is 26.0 Å². The number of anilines is 1. The number of amides is 1. The van der Waals surface area contributed by atoms with E-state index in [1.165, 1.54) is 0 Å². The summed E-state index contributed by atoms with van der Waals surface area (Å²) in [5.74, 6) is 3.22. The molecule has 2 aliphatic rings. The second kappa shape index (κ2) is 9.63. The number of benzene rings is 1. The zero-order valence-corrected chi connectivity index (χ0v) is 22.3. The van der Waals surface area contributed by atoms with Crippen LogP contribution in [0.15, 0.2) is 24.3 Å². The van der Waals surface area contributed by atoms with Crippen LogP contribution >= 0.6 is 0 Å². The molecule has 2 fully saturated rings. The van der Waals surface area contributed by atoms with E-state index in [9.17, 15) is 9.90 Å². The highest BCUT2D eigenvalue weighted by Gasteiger charge is 2.33. The van der Waals surface area contributed by atoms with Gasteiger partial charge in [0.15, 0.2) is 17.0 Å². The van der Waals surface area contributed by atoms with Gasteiger partial charge in [0.25, 0.3) is 0 Å². The van der Waals surface area contributed by atoms with Gasteiger partial charge >= 0.3 is 0 Å². The first-order valence-corrected chi connectivity index (χ1v) is 13.3. The van der Waals surface area contributed by atoms with Crippen molar-refractivity contribution in [3.05, 3.63) is 35.9 Å². The fourth-order valence-corrected chi connectivity index (χ4v) is 5.40. The summed E-state index contributed by atoms with van der Waals surface area (Å²) < 4.78 is 9.49. The molecule has 0 bridgehead atoms. The van der Waals surface area contributed by atoms with Crippen LogP contribution in [-0.2, 0) is 23.0 Å². The summed E-state index contributed by atoms with van der Waals surface area (Å²) in [5, 5.41) is 10.6. The third-order valence-corrected chi connectivity index (χ3v) is 7.49. The van der Waals surface area contributed by atoms with Crippen LogP contribution in [0.5, 0.6) is 0 Å². The number of carbonyl (C=O) groups is 1. The lowest BCUT2D eigenvalue weighted by molar-refractivity contribution is -0.140. The molecule has 1 aromatic carbocycles. The summed E-state index contributed by atoms with van der Waals surface area (Å²) >= 11 is 0. The molecule has 0 saturated carbocycles. The van der Waals surface area contributed by atoms with Gasteiger partial charge in [-0.25, -0.2) is 9.97 Å². The number of morpholine rings is 1. The Morgan fingerprint density at radius 3 is 2.53 bits per heavy atom. The molecule has 6 rings (SSSR count). The van der Waals surface area contributed by atoms with E-state index in [0.717, 1.165) is 53.3 Å². The Balaban J connectivity index is 1.44. The Hall–Kier alpha value is -3.57. The van der Waals surface area contributed by atoms with E-state index in [1.807, 2.05) is 59.2 Å². The molecule has 0 aliphatic carbocycles. The van der Waals surface area contributed by atoms with Crippen LogP contribution < -0.4 is 4.90 Å². The first-order valence-electron chi connectivity index (χ1n) is 13.3. The number of aryl methyl sites for hydroxylation is 1. The lowest BCUT2D eigenvalue weighted by Gasteiger charge is -2.40. The van der Waals surface area contributed by atoms with Crippen molar-refractivity contribution in [3.63, 3.8) is 0 Å². The standard InChI is InChI=1S/C27H34N8O3/c1-16(2)26(37)34-14-18(15-34)13-21-29-22-24(32(21)4)30-27(31-25(22)33-9-11-38-12-10-33)35-20-8-6-5-7-19(20)28-23(35)17(3)36/h5-8,16-18,36H,9-15H2,1-4H3/t17-/m1/s1. The average molecular weight is 519 g/mol. The lowest BCUT2D eigenvalue weighted by Crippen LogP contribution is -2.52. The molecule has 4 aromatic rings. The molecule has 200 valence electrons. The van der Waals surface area contributed by atoms with Gasteiger partial charge in [0.1, 0.15) is 17.8 Å². The smallest absolute Gasteiger partial charge is 0.239 e. The van der Waals surface area contributed by atoms with E-state index in [-0.39, 0.29) is 11.8 Å². The van der Waals surface area contributed by atoms with E-state index in [0.29, 0.717) is 44.0 Å². The number of aromatic nitrogens is 6. The van der Waals surface area contributed by atoms with Gasteiger partial charge in [-0.2, -0.15) is 9.97 Å². The van der Waals surface area contributed by atoms with Crippen molar-refractivity contribution in [2.45, 2.75) is 33.3 Å². The van der Waals surface area contributed by atoms with Crippen molar-refractivity contribution in [1.29, 1.82) is 0 Å². The number of likely N-dealkylation sites (tertiary alicyclic amines) is 1. The zero-order chi connectivity index (χ0) is 26.6. The third kappa shape index (κ3) is 4.19. The number of hydrogen-bond acceptors (Lipinski definition) is 8. The van der Waals surface area contributed by atoms with Crippen LogP contribution in [0.25, 0.3) is 28.1 Å². The minimum Gasteiger partial charge on any atom is -0.385 e. The second-order valence-corrected chi connectivity index (χ2v) is 10.6. The molecular weight excluding hydrogens is 484 g/mol. The predicted octanol–water partition coefficient (Wildman–Crippen LogP) is 2.25. The average Bonchev–Trinajstić information content (AvgIpc) is 3.43. The number of aliphatic hydroxyl groups is 1. The molecule has 2 saturated heterocycles. The fraction of sp³-hybridized carbons (Fsp3) is 0.519. The SMILES string of the molecule is CC(C)C(=O)N1CC(Cc2nc3c(N4CCOCC4)nc(-n4c([C@@H](C)O)nc5ccccc54)nc3n2C)C1. The number of imidazole rings is 2. The molecule has 1 atom stereocenters. The maximum atomic E-state index is 12.3. The van der Waals surface area contributed by atoms with E-state index < -0.39 is 6.10 Å². The van der Waals surface area contributed by atoms with Gasteiger partial charge in [-0.05, 0) is 19.1 Å². The molecule has 0 unspecified atom stereocenters. The van der Waals surface area contributed by atoms with Crippen LogP contribution in [0.3, 0.4) is 0 Å². The molecule has 1 amide bonds. The summed E-state index contributed by atoms with van der Waals surface area (Å²) in [7, 11) is 1.99. The number of rotatable bonds is 6. The monoisotopic (exact) mass is 518 g/mol. The first-order chi connectivity index (χ1) is 18.3. The molecule has 0 radical (unpaired) electrons. The van der Waals surface area contributed by atoms with Crippen molar-refractivity contribution in [3.8, 4) is 5.95 Å². The summed E-state index contributed by atoms with van der Waals surface area (Å²) in [4.78, 5) is 36.2. The minimum absolute atomic E-state index is 0.0160. The highest BCUT2D eigenvalue weighted by atomic mass is 16.5. The predicted molar refractivity (Wildman–Crippen MR) is 143 cm³/mol. The van der Waals surface area contributed by atoms with Crippen molar-refractivity contribution in [2.75, 3.05) is 44.3 Å². The largest absolute Gasteiger partial charge is 0.385 e. The summed E-state index contributed by atoms with van der Waals surface area (Å²) in [6, 6.07) is 7.76. The number of aliphatic hydroxyl groups excluding tert-OH is 1. The summed E-state index contributed by atoms with van der Waals surface area (Å²) in [6.45, 7) is 9.75. The maximum Gasteiger partial charge on any atom is 0.239 e. The van der Waals surface area contributed by atoms with Gasteiger partial charge in [-0.3, -0.25) is 9.36 Å². The third-order valence-electron chi connectivity index (χ3n) is 7.49. The number of fused-ring (bicyclic) bond motifs is 2. The first kappa shape index (κ1) is 24.7. The van der Waals surface area contributed by atoms with Gasteiger partial charge < -0.3 is 24.2 Å². The highest BCUT2D eigenvalue weighted by molar-refractivity contribution is 5.86. The van der Waals surface area contributed by atoms with Crippen LogP contribution in [0.2, 0.25) is 0 Å². The topological polar surface area (TPSA) is 114 Å². The van der Waals surface area contributed by atoms with Gasteiger partial charge in [-0.15, -0.1) is 0 Å². The van der Waals surface area contributed by atoms with Crippen molar-refractivity contribution < 1.29 is 14.6 Å². The Morgan fingerprint density at radius 1 is 1.08 bits per heavy atom. The number of para-hydroxylation sites is 2. The van der Waals surface area contributed by atoms with Gasteiger partial charge in [0, 0.05) is 51.5 Å². The molecule has 1 N–H and O–H groups in total. The second-order valence-electron chi connectivity index (χ2n) is 10.6. The molecule has 38 heavy (non-hydrogen) atoms. The molecule has 5 heterocycles. The fourth-order valence-electron chi connectivity index (χ4n) is 5.40. The number of ether oxygens (including phenoxy) is 1. The van der Waals surface area contributed by atoms with Crippen LogP contribution in [0, 0.1) is 11.8 Å². The van der Waals surface area contributed by atoms with E-state index >= 15 is 0 Å². The van der Waals surface area contributed by atoms with E-state index in [4.69, 9.17) is 19.7 Å². The van der Waals surface area contributed by atoms with Crippen LogP contribution in [-0.4, -0.2) is 84.4 Å². The Morgan fingerprint density at radius 2 is 1.82 bits per heavy atom. The Labute approximate surface area is 221 Å². The van der Waals surface area contributed by atoms with E-state index in [2.05, 4.69) is 9.88 Å². The minimum atomic E-state index is -0.800. The van der Waals surface area contributed by atoms with Gasteiger partial charge in [0.2, 0.25) is 11.9 Å². The molecule has 2 aliphatic heterocycles. The van der Waals surface area contributed by atoms with Crippen molar-refractivity contribution in [1.82, 2.24) is 34.0 Å². The number of nitrogens with zero attached hydrogens (tertiary/aromatic N) is 8. The van der Waals surface area contributed by atoms with Crippen molar-refractivity contribution >= 4 is 33.9 Å². The number of hydrogen-bond donors (Lipinski definition) is 1. The molecule has 3 aromatic heterocycles. The quantitative estimate of drug-likeness (QED) is 0.413. The van der Waals surface area contributed by atoms with Crippen molar-refractivity contribution in [2.24, 2.45) is 18.9 Å². The molecule has 11 heteroatoms. The lowest BCUT2D eigenvalue weighted by atomic mass is 9.94. The normalized spacial score (nSPS) is 17.5. The van der Waals surface area contributed by atoms with Crippen LogP contribution in [0.4, 0.5) is 5.82 Å². The zero-order valence-electron chi connectivity index (χ0n) is 22.3. The highest BCUT2D eigenvalue weighted by Crippen LogP contribution is 2.31. The van der Waals surface area contributed by atoms with E-state index in [1.54, 1.807) is 6.92 Å². The number of carbonyl (C=O) groups excluding carboxylic acids is 1. The maximum absolute atomic E-state index is 12.3. The summed E-state index contributed by atoms with van der Waals surface area (Å²) in [6.07, 6.45) is -0.0368. The molecule has 0 spiro atoms. The summed E-state index contributed by atoms with van der Waals surface area (Å²) in [5.41, 5.74) is 3.10. The van der Waals surface area contributed by atoms with Gasteiger partial charge in [0.05, 0.1) is 24.2 Å². The molecular formula is C27H34N8O3. The Bertz CT molecular complexity index is 1500. The van der Waals surface area contributed by atoms with Crippen LogP contribution in [0.1, 0.15) is 38.5 Å². The molecule has 11 nitrogen and oxygen atoms in total.